The summed E-state index contributed by atoms with van der Waals surface area (Å²) in [6.45, 7) is 0.508. The molecule has 0 heterocycles. The van der Waals surface area contributed by atoms with Crippen LogP contribution in [0.4, 0.5) is 0 Å². The number of unbranched alkanes of at least 4 members (excludes halogenated alkanes) is 1. The summed E-state index contributed by atoms with van der Waals surface area (Å²) in [5, 5.41) is 2.57. The van der Waals surface area contributed by atoms with Crippen LogP contribution in [0, 0.1) is 12.3 Å². The van der Waals surface area contributed by atoms with Crippen LogP contribution in [0.5, 0.6) is 0 Å². The van der Waals surface area contributed by atoms with Crippen molar-refractivity contribution in [2.75, 3.05) is 13.7 Å². The highest BCUT2D eigenvalue weighted by Gasteiger charge is 1.96. The van der Waals surface area contributed by atoms with E-state index in [2.05, 4.69) is 16.0 Å². The van der Waals surface area contributed by atoms with Crippen LogP contribution in [0.2, 0.25) is 0 Å². The van der Waals surface area contributed by atoms with Crippen molar-refractivity contribution in [1.29, 1.82) is 0 Å². The monoisotopic (exact) mass is 195 g/mol. The van der Waals surface area contributed by atoms with E-state index in [4.69, 9.17) is 6.42 Å². The molecule has 0 aromatic heterocycles. The zero-order chi connectivity index (χ0) is 10.8. The molecule has 76 valence electrons. The minimum atomic E-state index is -0.552. The van der Waals surface area contributed by atoms with Crippen LogP contribution in [-0.2, 0) is 14.3 Å². The van der Waals surface area contributed by atoms with Crippen molar-refractivity contribution in [3.63, 3.8) is 0 Å². The van der Waals surface area contributed by atoms with Crippen molar-refractivity contribution in [1.82, 2.24) is 5.32 Å². The Hall–Kier alpha value is -1.76. The lowest BCUT2D eigenvalue weighted by atomic mass is 10.3. The van der Waals surface area contributed by atoms with Gasteiger partial charge in [0.1, 0.15) is 0 Å². The summed E-state index contributed by atoms with van der Waals surface area (Å²) in [7, 11) is 1.25. The van der Waals surface area contributed by atoms with Crippen molar-refractivity contribution < 1.29 is 14.3 Å². The van der Waals surface area contributed by atoms with E-state index in [0.717, 1.165) is 18.6 Å². The van der Waals surface area contributed by atoms with E-state index >= 15 is 0 Å². The Labute approximate surface area is 83.3 Å². The smallest absolute Gasteiger partial charge is 0.330 e. The predicted octanol–water partition coefficient (Wildman–Crippen LogP) is 0.245. The van der Waals surface area contributed by atoms with E-state index in [9.17, 15) is 9.59 Å². The van der Waals surface area contributed by atoms with Gasteiger partial charge in [-0.15, -0.1) is 12.3 Å². The number of amides is 1. The summed E-state index contributed by atoms with van der Waals surface area (Å²) < 4.78 is 4.31. The third-order valence-electron chi connectivity index (χ3n) is 1.37. The van der Waals surface area contributed by atoms with Crippen molar-refractivity contribution in [3.8, 4) is 12.3 Å². The maximum atomic E-state index is 11.0. The highest BCUT2D eigenvalue weighted by atomic mass is 16.5. The van der Waals surface area contributed by atoms with E-state index in [1.807, 2.05) is 0 Å². The van der Waals surface area contributed by atoms with Gasteiger partial charge in [-0.1, -0.05) is 0 Å². The molecular formula is C10H13NO3. The first-order valence-corrected chi connectivity index (χ1v) is 4.18. The number of nitrogens with one attached hydrogen (secondary N) is 1. The van der Waals surface area contributed by atoms with Gasteiger partial charge in [-0.05, 0) is 6.42 Å². The van der Waals surface area contributed by atoms with Gasteiger partial charge < -0.3 is 10.1 Å². The molecule has 1 N–H and O–H groups in total. The second kappa shape index (κ2) is 7.87. The molecule has 0 saturated carbocycles. The lowest BCUT2D eigenvalue weighted by molar-refractivity contribution is -0.135. The van der Waals surface area contributed by atoms with Crippen molar-refractivity contribution >= 4 is 11.9 Å². The van der Waals surface area contributed by atoms with E-state index in [-0.39, 0.29) is 5.91 Å². The molecule has 0 unspecified atom stereocenters. The second-order valence-electron chi connectivity index (χ2n) is 2.46. The molecule has 0 atom stereocenters. The third kappa shape index (κ3) is 6.92. The molecule has 0 spiro atoms. The fourth-order valence-electron chi connectivity index (χ4n) is 0.673. The van der Waals surface area contributed by atoms with Crippen LogP contribution in [0.1, 0.15) is 12.8 Å². The van der Waals surface area contributed by atoms with Gasteiger partial charge in [0.25, 0.3) is 0 Å². The topological polar surface area (TPSA) is 55.4 Å². The number of carbonyl (C=O) groups is 2. The van der Waals surface area contributed by atoms with Crippen molar-refractivity contribution in [2.24, 2.45) is 0 Å². The normalized spacial score (nSPS) is 9.43. The maximum absolute atomic E-state index is 11.0. The molecule has 4 nitrogen and oxygen atoms in total. The summed E-state index contributed by atoms with van der Waals surface area (Å²) >= 11 is 0. The number of terminal acetylenes is 1. The summed E-state index contributed by atoms with van der Waals surface area (Å²) in [4.78, 5) is 21.5. The SMILES string of the molecule is C#CCCCNC(=O)/C=C/C(=O)OC. The second-order valence-corrected chi connectivity index (χ2v) is 2.46. The average Bonchev–Trinajstić information content (AvgIpc) is 2.21. The highest BCUT2D eigenvalue weighted by molar-refractivity contribution is 5.94. The molecule has 0 bridgehead atoms. The van der Waals surface area contributed by atoms with Crippen LogP contribution < -0.4 is 5.32 Å². The quantitative estimate of drug-likeness (QED) is 0.296. The zero-order valence-corrected chi connectivity index (χ0v) is 8.08. The Morgan fingerprint density at radius 3 is 2.79 bits per heavy atom. The molecule has 0 fully saturated rings. The Balaban J connectivity index is 3.61. The molecule has 4 heteroatoms. The van der Waals surface area contributed by atoms with Gasteiger partial charge in [0.2, 0.25) is 5.91 Å². The molecule has 14 heavy (non-hydrogen) atoms. The summed E-state index contributed by atoms with van der Waals surface area (Å²) in [6, 6.07) is 0. The van der Waals surface area contributed by atoms with Crippen LogP contribution in [0.15, 0.2) is 12.2 Å². The number of carbonyl (C=O) groups excluding carboxylic acids is 2. The van der Waals surface area contributed by atoms with Gasteiger partial charge in [-0.2, -0.15) is 0 Å². The standard InChI is InChI=1S/C10H13NO3/c1-3-4-5-8-11-9(12)6-7-10(13)14-2/h1,6-7H,4-5,8H2,2H3,(H,11,12)/b7-6+. The maximum Gasteiger partial charge on any atom is 0.330 e. The fraction of sp³-hybridized carbons (Fsp3) is 0.400. The Morgan fingerprint density at radius 1 is 1.50 bits per heavy atom. The largest absolute Gasteiger partial charge is 0.466 e. The number of rotatable bonds is 5. The molecule has 0 saturated heterocycles. The molecule has 0 rings (SSSR count). The molecule has 0 aliphatic heterocycles. The van der Waals surface area contributed by atoms with E-state index in [1.54, 1.807) is 0 Å². The van der Waals surface area contributed by atoms with E-state index in [0.29, 0.717) is 13.0 Å². The lowest BCUT2D eigenvalue weighted by Gasteiger charge is -1.98. The van der Waals surface area contributed by atoms with Crippen LogP contribution in [-0.4, -0.2) is 25.5 Å². The van der Waals surface area contributed by atoms with Gasteiger partial charge in [0, 0.05) is 25.1 Å². The number of methoxy groups -OCH3 is 1. The Morgan fingerprint density at radius 2 is 2.21 bits per heavy atom. The fourth-order valence-corrected chi connectivity index (χ4v) is 0.673. The molecule has 0 radical (unpaired) electrons. The van der Waals surface area contributed by atoms with E-state index in [1.165, 1.54) is 7.11 Å². The Kier molecular flexibility index (Phi) is 6.88. The molecule has 0 aromatic rings. The minimum Gasteiger partial charge on any atom is -0.466 e. The van der Waals surface area contributed by atoms with Gasteiger partial charge >= 0.3 is 5.97 Å². The summed E-state index contributed by atoms with van der Waals surface area (Å²) in [5.74, 6) is 1.58. The van der Waals surface area contributed by atoms with Crippen LogP contribution >= 0.6 is 0 Å². The highest BCUT2D eigenvalue weighted by Crippen LogP contribution is 1.84. The minimum absolute atomic E-state index is 0.326. The van der Waals surface area contributed by atoms with Gasteiger partial charge in [-0.25, -0.2) is 4.79 Å². The number of esters is 1. The van der Waals surface area contributed by atoms with Gasteiger partial charge in [-0.3, -0.25) is 4.79 Å². The first-order chi connectivity index (χ1) is 6.70. The van der Waals surface area contributed by atoms with Gasteiger partial charge in [0.15, 0.2) is 0 Å². The van der Waals surface area contributed by atoms with Crippen molar-refractivity contribution in [3.05, 3.63) is 12.2 Å². The van der Waals surface area contributed by atoms with Crippen LogP contribution in [0.3, 0.4) is 0 Å². The average molecular weight is 195 g/mol. The molecule has 0 aliphatic rings. The van der Waals surface area contributed by atoms with E-state index < -0.39 is 5.97 Å². The molecule has 0 aliphatic carbocycles. The predicted molar refractivity (Wildman–Crippen MR) is 52.2 cm³/mol. The van der Waals surface area contributed by atoms with Crippen LogP contribution in [0.25, 0.3) is 0 Å². The first-order valence-electron chi connectivity index (χ1n) is 4.18. The summed E-state index contributed by atoms with van der Waals surface area (Å²) in [5.41, 5.74) is 0. The summed E-state index contributed by atoms with van der Waals surface area (Å²) in [6.07, 6.45) is 8.57. The first kappa shape index (κ1) is 12.2. The Bertz CT molecular complexity index is 263. The lowest BCUT2D eigenvalue weighted by Crippen LogP contribution is -2.22. The van der Waals surface area contributed by atoms with Gasteiger partial charge in [0.05, 0.1) is 7.11 Å². The molecule has 0 aromatic carbocycles. The number of hydrogen-bond acceptors (Lipinski definition) is 3. The molecular weight excluding hydrogens is 182 g/mol. The third-order valence-corrected chi connectivity index (χ3v) is 1.37. The molecule has 1 amide bonds. The number of hydrogen-bond donors (Lipinski definition) is 1. The zero-order valence-electron chi connectivity index (χ0n) is 8.08. The van der Waals surface area contributed by atoms with Crippen molar-refractivity contribution in [2.45, 2.75) is 12.8 Å². The number of ether oxygens (including phenoxy) is 1.